The second kappa shape index (κ2) is 8.25. The van der Waals surface area contributed by atoms with Gasteiger partial charge in [-0.15, -0.1) is 0 Å². The van der Waals surface area contributed by atoms with Crippen LogP contribution >= 0.6 is 0 Å². The van der Waals surface area contributed by atoms with Crippen LogP contribution in [0, 0.1) is 11.8 Å². The summed E-state index contributed by atoms with van der Waals surface area (Å²) in [6.45, 7) is 8.58. The highest BCUT2D eigenvalue weighted by molar-refractivity contribution is 5.94. The summed E-state index contributed by atoms with van der Waals surface area (Å²) >= 11 is 0. The lowest BCUT2D eigenvalue weighted by atomic mass is 10.0. The molecule has 0 saturated carbocycles. The summed E-state index contributed by atoms with van der Waals surface area (Å²) in [5.41, 5.74) is 4.22. The first-order chi connectivity index (χ1) is 9.50. The van der Waals surface area contributed by atoms with Crippen molar-refractivity contribution in [2.24, 2.45) is 16.9 Å². The molecule has 0 fully saturated rings. The molecule has 0 aliphatic heterocycles. The number of rotatable bonds is 6. The lowest BCUT2D eigenvalue weighted by Crippen LogP contribution is -2.17. The van der Waals surface area contributed by atoms with E-state index in [2.05, 4.69) is 49.3 Å². The number of hydrogen-bond acceptors (Lipinski definition) is 3. The minimum absolute atomic E-state index is 0.226. The van der Waals surface area contributed by atoms with Crippen LogP contribution in [0.2, 0.25) is 0 Å². The van der Waals surface area contributed by atoms with Crippen molar-refractivity contribution >= 4 is 12.1 Å². The first kappa shape index (κ1) is 16.1. The molecule has 0 spiro atoms. The number of allylic oxidation sites excluding steroid dienone is 2. The molecule has 0 atom stereocenters. The summed E-state index contributed by atoms with van der Waals surface area (Å²) in [7, 11) is 0. The van der Waals surface area contributed by atoms with Crippen molar-refractivity contribution in [1.29, 1.82) is 0 Å². The Morgan fingerprint density at radius 3 is 2.50 bits per heavy atom. The maximum absolute atomic E-state index is 11.8. The first-order valence-electron chi connectivity index (χ1n) is 6.94. The summed E-state index contributed by atoms with van der Waals surface area (Å²) in [4.78, 5) is 15.7. The van der Waals surface area contributed by atoms with Gasteiger partial charge in [-0.3, -0.25) is 9.78 Å². The molecule has 0 radical (unpaired) electrons. The summed E-state index contributed by atoms with van der Waals surface area (Å²) in [5, 5.41) is 4.03. The van der Waals surface area contributed by atoms with Crippen molar-refractivity contribution < 1.29 is 4.79 Å². The maximum Gasteiger partial charge on any atom is 0.271 e. The molecule has 0 aromatic carbocycles. The van der Waals surface area contributed by atoms with E-state index in [1.807, 2.05) is 0 Å². The van der Waals surface area contributed by atoms with Crippen LogP contribution in [0.4, 0.5) is 0 Å². The second-order valence-electron chi connectivity index (χ2n) is 5.42. The fraction of sp³-hybridized carbons (Fsp3) is 0.438. The predicted octanol–water partition coefficient (Wildman–Crippen LogP) is 3.43. The van der Waals surface area contributed by atoms with Crippen LogP contribution in [-0.4, -0.2) is 17.1 Å². The number of nitrogens with zero attached hydrogens (tertiary/aromatic N) is 2. The standard InChI is InChI=1S/C16H23N3O/c1-12(2)5-6-15(13(3)4)11-18-19-16(20)14-7-9-17-10-8-14/h6-13H,5H2,1-4H3,(H,19,20)/b15-6-,18-11+. The van der Waals surface area contributed by atoms with Gasteiger partial charge < -0.3 is 0 Å². The van der Waals surface area contributed by atoms with Gasteiger partial charge in [0.1, 0.15) is 0 Å². The molecular weight excluding hydrogens is 250 g/mol. The Kier molecular flexibility index (Phi) is 6.64. The zero-order valence-corrected chi connectivity index (χ0v) is 12.6. The van der Waals surface area contributed by atoms with Crippen molar-refractivity contribution in [3.63, 3.8) is 0 Å². The molecule has 1 N–H and O–H groups in total. The van der Waals surface area contributed by atoms with Gasteiger partial charge in [-0.2, -0.15) is 5.10 Å². The van der Waals surface area contributed by atoms with Gasteiger partial charge in [-0.05, 0) is 36.0 Å². The Hall–Kier alpha value is -1.97. The van der Waals surface area contributed by atoms with Crippen LogP contribution in [0.25, 0.3) is 0 Å². The molecule has 0 saturated heterocycles. The summed E-state index contributed by atoms with van der Waals surface area (Å²) < 4.78 is 0. The lowest BCUT2D eigenvalue weighted by Gasteiger charge is -2.07. The van der Waals surface area contributed by atoms with E-state index in [9.17, 15) is 4.79 Å². The van der Waals surface area contributed by atoms with E-state index in [0.29, 0.717) is 17.4 Å². The van der Waals surface area contributed by atoms with E-state index in [4.69, 9.17) is 0 Å². The lowest BCUT2D eigenvalue weighted by molar-refractivity contribution is 0.0955. The van der Waals surface area contributed by atoms with E-state index in [1.54, 1.807) is 30.7 Å². The van der Waals surface area contributed by atoms with Crippen molar-refractivity contribution in [1.82, 2.24) is 10.4 Å². The van der Waals surface area contributed by atoms with Gasteiger partial charge in [0.2, 0.25) is 0 Å². The molecule has 4 heteroatoms. The largest absolute Gasteiger partial charge is 0.271 e. The Bertz CT molecular complexity index is 476. The number of aromatic nitrogens is 1. The normalized spacial score (nSPS) is 12.4. The highest BCUT2D eigenvalue weighted by atomic mass is 16.2. The Morgan fingerprint density at radius 2 is 1.95 bits per heavy atom. The SMILES string of the molecule is CC(C)C/C=C(/C=N/NC(=O)c1ccncc1)C(C)C. The summed E-state index contributed by atoms with van der Waals surface area (Å²) in [5.74, 6) is 0.773. The van der Waals surface area contributed by atoms with Crippen LogP contribution in [0.15, 0.2) is 41.3 Å². The number of nitrogens with one attached hydrogen (secondary N) is 1. The Balaban J connectivity index is 2.61. The molecule has 1 rings (SSSR count). The van der Waals surface area contributed by atoms with E-state index in [1.165, 1.54) is 0 Å². The van der Waals surface area contributed by atoms with Gasteiger partial charge in [0, 0.05) is 18.0 Å². The number of carbonyl (C=O) groups excluding carboxylic acids is 1. The average Bonchev–Trinajstić information content (AvgIpc) is 2.42. The third-order valence-corrected chi connectivity index (χ3v) is 2.81. The number of carbonyl (C=O) groups is 1. The number of hydrogen-bond donors (Lipinski definition) is 1. The van der Waals surface area contributed by atoms with Gasteiger partial charge in [-0.1, -0.05) is 33.8 Å². The third-order valence-electron chi connectivity index (χ3n) is 2.81. The van der Waals surface area contributed by atoms with Crippen molar-refractivity contribution in [3.8, 4) is 0 Å². The predicted molar refractivity (Wildman–Crippen MR) is 82.6 cm³/mol. The van der Waals surface area contributed by atoms with Gasteiger partial charge in [0.05, 0.1) is 6.21 Å². The highest BCUT2D eigenvalue weighted by Gasteiger charge is 2.04. The highest BCUT2D eigenvalue weighted by Crippen LogP contribution is 2.11. The minimum atomic E-state index is -0.226. The molecule has 0 bridgehead atoms. The van der Waals surface area contributed by atoms with Gasteiger partial charge in [-0.25, -0.2) is 5.43 Å². The smallest absolute Gasteiger partial charge is 0.267 e. The summed E-state index contributed by atoms with van der Waals surface area (Å²) in [6, 6.07) is 3.31. The van der Waals surface area contributed by atoms with Crippen LogP contribution in [0.1, 0.15) is 44.5 Å². The van der Waals surface area contributed by atoms with Gasteiger partial charge in [0.25, 0.3) is 5.91 Å². The molecule has 1 aromatic rings. The Morgan fingerprint density at radius 1 is 1.30 bits per heavy atom. The van der Waals surface area contributed by atoms with Crippen molar-refractivity contribution in [3.05, 3.63) is 41.7 Å². The molecule has 1 amide bonds. The zero-order chi connectivity index (χ0) is 15.0. The molecule has 0 aliphatic carbocycles. The van der Waals surface area contributed by atoms with E-state index >= 15 is 0 Å². The van der Waals surface area contributed by atoms with Gasteiger partial charge >= 0.3 is 0 Å². The quantitative estimate of drug-likeness (QED) is 0.637. The van der Waals surface area contributed by atoms with Gasteiger partial charge in [0.15, 0.2) is 0 Å². The molecule has 108 valence electrons. The zero-order valence-electron chi connectivity index (χ0n) is 12.6. The van der Waals surface area contributed by atoms with E-state index < -0.39 is 0 Å². The monoisotopic (exact) mass is 273 g/mol. The first-order valence-corrected chi connectivity index (χ1v) is 6.94. The molecule has 20 heavy (non-hydrogen) atoms. The molecule has 4 nitrogen and oxygen atoms in total. The fourth-order valence-electron chi connectivity index (χ4n) is 1.54. The second-order valence-corrected chi connectivity index (χ2v) is 5.42. The van der Waals surface area contributed by atoms with Crippen molar-refractivity contribution in [2.75, 3.05) is 0 Å². The molecular formula is C16H23N3O. The number of hydrazone groups is 1. The minimum Gasteiger partial charge on any atom is -0.267 e. The number of amides is 1. The third kappa shape index (κ3) is 5.78. The molecule has 0 aliphatic rings. The van der Waals surface area contributed by atoms with E-state index in [-0.39, 0.29) is 5.91 Å². The average molecular weight is 273 g/mol. The summed E-state index contributed by atoms with van der Waals surface area (Å²) in [6.07, 6.45) is 8.09. The maximum atomic E-state index is 11.8. The van der Waals surface area contributed by atoms with Crippen LogP contribution < -0.4 is 5.43 Å². The molecule has 0 unspecified atom stereocenters. The van der Waals surface area contributed by atoms with E-state index in [0.717, 1.165) is 12.0 Å². The van der Waals surface area contributed by atoms with Crippen molar-refractivity contribution in [2.45, 2.75) is 34.1 Å². The fourth-order valence-corrected chi connectivity index (χ4v) is 1.54. The van der Waals surface area contributed by atoms with Crippen LogP contribution in [0.3, 0.4) is 0 Å². The molecule has 1 heterocycles. The topological polar surface area (TPSA) is 54.4 Å². The number of pyridine rings is 1. The van der Waals surface area contributed by atoms with Crippen LogP contribution in [0.5, 0.6) is 0 Å². The van der Waals surface area contributed by atoms with Crippen LogP contribution in [-0.2, 0) is 0 Å². The Labute approximate surface area is 121 Å². The molecule has 1 aromatic heterocycles.